The predicted octanol–water partition coefficient (Wildman–Crippen LogP) is 1.93. The molecule has 1 heterocycles. The van der Waals surface area contributed by atoms with Gasteiger partial charge in [0.05, 0.1) is 6.07 Å². The monoisotopic (exact) mass is 166 g/mol. The van der Waals surface area contributed by atoms with Gasteiger partial charge in [-0.3, -0.25) is 0 Å². The van der Waals surface area contributed by atoms with Gasteiger partial charge in [0, 0.05) is 6.42 Å². The van der Waals surface area contributed by atoms with Gasteiger partial charge in [0.2, 0.25) is 0 Å². The van der Waals surface area contributed by atoms with Crippen LogP contribution in [0.3, 0.4) is 0 Å². The number of nitrogens with zero attached hydrogens (tertiary/aromatic N) is 1. The summed E-state index contributed by atoms with van der Waals surface area (Å²) in [6.07, 6.45) is 4.60. The van der Waals surface area contributed by atoms with Crippen LogP contribution >= 0.6 is 0 Å². The summed E-state index contributed by atoms with van der Waals surface area (Å²) in [6.45, 7) is 4.52. The summed E-state index contributed by atoms with van der Waals surface area (Å²) >= 11 is 0. The fourth-order valence-corrected chi connectivity index (χ4v) is 1.93. The molecule has 0 bridgehead atoms. The van der Waals surface area contributed by atoms with E-state index < -0.39 is 0 Å². The highest BCUT2D eigenvalue weighted by molar-refractivity contribution is 4.77. The van der Waals surface area contributed by atoms with Crippen LogP contribution in [0.1, 0.15) is 32.6 Å². The quantitative estimate of drug-likeness (QED) is 0.695. The first kappa shape index (κ1) is 9.54. The highest BCUT2D eigenvalue weighted by Crippen LogP contribution is 2.20. The number of nitriles is 1. The van der Waals surface area contributed by atoms with Crippen LogP contribution in [0, 0.1) is 23.2 Å². The van der Waals surface area contributed by atoms with Gasteiger partial charge in [0.1, 0.15) is 0 Å². The van der Waals surface area contributed by atoms with Crippen molar-refractivity contribution in [2.24, 2.45) is 11.8 Å². The van der Waals surface area contributed by atoms with Crippen LogP contribution in [0.5, 0.6) is 0 Å². The third kappa shape index (κ3) is 3.23. The summed E-state index contributed by atoms with van der Waals surface area (Å²) in [7, 11) is 0. The summed E-state index contributed by atoms with van der Waals surface area (Å²) in [5, 5.41) is 11.9. The molecule has 0 saturated carbocycles. The molecule has 2 atom stereocenters. The van der Waals surface area contributed by atoms with Crippen molar-refractivity contribution < 1.29 is 0 Å². The van der Waals surface area contributed by atoms with Crippen molar-refractivity contribution in [1.29, 1.82) is 5.26 Å². The first-order valence-electron chi connectivity index (χ1n) is 4.90. The van der Waals surface area contributed by atoms with E-state index in [1.165, 1.54) is 25.8 Å². The van der Waals surface area contributed by atoms with Crippen LogP contribution in [0.2, 0.25) is 0 Å². The Bertz CT molecular complexity index is 154. The van der Waals surface area contributed by atoms with E-state index in [0.717, 1.165) is 18.9 Å². The molecule has 1 aliphatic heterocycles. The molecule has 1 saturated heterocycles. The third-order valence-electron chi connectivity index (χ3n) is 2.57. The average molecular weight is 166 g/mol. The van der Waals surface area contributed by atoms with Crippen molar-refractivity contribution in [2.45, 2.75) is 32.6 Å². The van der Waals surface area contributed by atoms with Gasteiger partial charge in [-0.25, -0.2) is 0 Å². The lowest BCUT2D eigenvalue weighted by atomic mass is 9.89. The molecular formula is C10H18N2. The minimum absolute atomic E-state index is 0.583. The average Bonchev–Trinajstić information content (AvgIpc) is 2.06. The number of hydrogen-bond acceptors (Lipinski definition) is 2. The highest BCUT2D eigenvalue weighted by Gasteiger charge is 2.15. The normalized spacial score (nSPS) is 26.2. The molecule has 0 radical (unpaired) electrons. The molecule has 68 valence electrons. The molecule has 1 N–H and O–H groups in total. The minimum atomic E-state index is 0.583. The highest BCUT2D eigenvalue weighted by atomic mass is 14.9. The standard InChI is InChI=1S/C10H18N2/c1-9(4-5-11)7-10-3-2-6-12-8-10/h9-10,12H,2-4,6-8H2,1H3. The van der Waals surface area contributed by atoms with Crippen molar-refractivity contribution in [3.63, 3.8) is 0 Å². The third-order valence-corrected chi connectivity index (χ3v) is 2.57. The zero-order valence-corrected chi connectivity index (χ0v) is 7.84. The lowest BCUT2D eigenvalue weighted by molar-refractivity contribution is 0.314. The van der Waals surface area contributed by atoms with E-state index in [0.29, 0.717) is 5.92 Å². The maximum atomic E-state index is 8.50. The van der Waals surface area contributed by atoms with Crippen molar-refractivity contribution in [1.82, 2.24) is 5.32 Å². The Kier molecular flexibility index (Phi) is 4.10. The molecule has 1 fully saturated rings. The molecule has 1 aliphatic rings. The molecule has 0 spiro atoms. The Morgan fingerprint density at radius 2 is 2.50 bits per heavy atom. The molecule has 0 aromatic heterocycles. The number of piperidine rings is 1. The summed E-state index contributed by atoms with van der Waals surface area (Å²) in [5.74, 6) is 1.40. The Morgan fingerprint density at radius 1 is 1.67 bits per heavy atom. The van der Waals surface area contributed by atoms with Gasteiger partial charge in [-0.2, -0.15) is 5.26 Å². The molecule has 0 amide bonds. The van der Waals surface area contributed by atoms with Crippen molar-refractivity contribution in [2.75, 3.05) is 13.1 Å². The Balaban J connectivity index is 2.16. The molecular weight excluding hydrogens is 148 g/mol. The topological polar surface area (TPSA) is 35.8 Å². The second-order valence-electron chi connectivity index (χ2n) is 3.92. The van der Waals surface area contributed by atoms with E-state index in [4.69, 9.17) is 5.26 Å². The summed E-state index contributed by atoms with van der Waals surface area (Å²) in [6, 6.07) is 2.24. The van der Waals surface area contributed by atoms with Crippen LogP contribution in [0.4, 0.5) is 0 Å². The maximum Gasteiger partial charge on any atom is 0.0624 e. The summed E-state index contributed by atoms with van der Waals surface area (Å²) in [4.78, 5) is 0. The molecule has 2 nitrogen and oxygen atoms in total. The van der Waals surface area contributed by atoms with Gasteiger partial charge in [-0.1, -0.05) is 6.92 Å². The molecule has 0 aromatic carbocycles. The van der Waals surface area contributed by atoms with Gasteiger partial charge in [0.25, 0.3) is 0 Å². The lowest BCUT2D eigenvalue weighted by Gasteiger charge is -2.24. The van der Waals surface area contributed by atoms with Gasteiger partial charge in [-0.15, -0.1) is 0 Å². The van der Waals surface area contributed by atoms with Gasteiger partial charge in [-0.05, 0) is 44.2 Å². The van der Waals surface area contributed by atoms with Crippen molar-refractivity contribution in [3.05, 3.63) is 0 Å². The number of hydrogen-bond donors (Lipinski definition) is 1. The van der Waals surface area contributed by atoms with E-state index in [9.17, 15) is 0 Å². The van der Waals surface area contributed by atoms with Crippen molar-refractivity contribution in [3.8, 4) is 6.07 Å². The van der Waals surface area contributed by atoms with E-state index in [2.05, 4.69) is 18.3 Å². The molecule has 2 heteroatoms. The zero-order chi connectivity index (χ0) is 8.81. The van der Waals surface area contributed by atoms with Gasteiger partial charge < -0.3 is 5.32 Å². The molecule has 1 rings (SSSR count). The second kappa shape index (κ2) is 5.16. The van der Waals surface area contributed by atoms with Gasteiger partial charge in [0.15, 0.2) is 0 Å². The SMILES string of the molecule is CC(CC#N)CC1CCCNC1. The molecule has 0 aliphatic carbocycles. The Morgan fingerprint density at radius 3 is 3.08 bits per heavy atom. The van der Waals surface area contributed by atoms with E-state index in [-0.39, 0.29) is 0 Å². The molecule has 2 unspecified atom stereocenters. The Hall–Kier alpha value is -0.550. The second-order valence-corrected chi connectivity index (χ2v) is 3.92. The van der Waals surface area contributed by atoms with E-state index in [1.54, 1.807) is 0 Å². The van der Waals surface area contributed by atoms with E-state index >= 15 is 0 Å². The zero-order valence-electron chi connectivity index (χ0n) is 7.84. The van der Waals surface area contributed by atoms with E-state index in [1.807, 2.05) is 0 Å². The fourth-order valence-electron chi connectivity index (χ4n) is 1.93. The maximum absolute atomic E-state index is 8.50. The van der Waals surface area contributed by atoms with Crippen molar-refractivity contribution >= 4 is 0 Å². The minimum Gasteiger partial charge on any atom is -0.316 e. The van der Waals surface area contributed by atoms with Gasteiger partial charge >= 0.3 is 0 Å². The predicted molar refractivity (Wildman–Crippen MR) is 49.6 cm³/mol. The van der Waals surface area contributed by atoms with Crippen LogP contribution in [0.15, 0.2) is 0 Å². The molecule has 0 aromatic rings. The van der Waals surface area contributed by atoms with Crippen LogP contribution in [0.25, 0.3) is 0 Å². The lowest BCUT2D eigenvalue weighted by Crippen LogP contribution is -2.30. The Labute approximate surface area is 75.0 Å². The number of rotatable bonds is 3. The van der Waals surface area contributed by atoms with Crippen LogP contribution in [-0.2, 0) is 0 Å². The molecule has 12 heavy (non-hydrogen) atoms. The van der Waals surface area contributed by atoms with Crippen LogP contribution in [-0.4, -0.2) is 13.1 Å². The fraction of sp³-hybridized carbons (Fsp3) is 0.900. The summed E-state index contributed by atoms with van der Waals surface area (Å²) in [5.41, 5.74) is 0. The largest absolute Gasteiger partial charge is 0.316 e. The number of nitrogens with one attached hydrogen (secondary N) is 1. The smallest absolute Gasteiger partial charge is 0.0624 e. The van der Waals surface area contributed by atoms with Crippen LogP contribution < -0.4 is 5.32 Å². The first-order chi connectivity index (χ1) is 5.83. The summed E-state index contributed by atoms with van der Waals surface area (Å²) < 4.78 is 0. The first-order valence-corrected chi connectivity index (χ1v) is 4.90.